The molecule has 0 aliphatic rings. The average Bonchev–Trinajstić information content (AvgIpc) is 2.75. The highest BCUT2D eigenvalue weighted by Gasteiger charge is 2.12. The minimum atomic E-state index is -0.612. The van der Waals surface area contributed by atoms with Gasteiger partial charge in [-0.25, -0.2) is 5.43 Å². The third-order valence-electron chi connectivity index (χ3n) is 4.31. The van der Waals surface area contributed by atoms with Gasteiger partial charge in [0.25, 0.3) is 11.5 Å². The lowest BCUT2D eigenvalue weighted by Gasteiger charge is -2.08. The molecule has 1 N–H and O–H groups in total. The van der Waals surface area contributed by atoms with Crippen molar-refractivity contribution in [2.75, 3.05) is 14.2 Å². The van der Waals surface area contributed by atoms with Crippen molar-refractivity contribution in [2.45, 2.75) is 6.54 Å². The lowest BCUT2D eigenvalue weighted by molar-refractivity contribution is 0.0953. The van der Waals surface area contributed by atoms with Crippen LogP contribution in [-0.2, 0) is 6.54 Å². The molecular formula is C22H20ClN3O4. The first-order valence-electron chi connectivity index (χ1n) is 9.01. The van der Waals surface area contributed by atoms with Crippen LogP contribution in [0.4, 0.5) is 0 Å². The van der Waals surface area contributed by atoms with E-state index in [-0.39, 0.29) is 5.56 Å². The molecule has 0 bridgehead atoms. The SMILES string of the molecule is COc1ccc(OC)c(/C=N\NC(=O)c2cccn(Cc3cccc(Cl)c3)c2=O)c1. The highest BCUT2D eigenvalue weighted by molar-refractivity contribution is 6.30. The zero-order chi connectivity index (χ0) is 21.5. The standard InChI is InChI=1S/C22H20ClN3O4/c1-29-18-8-9-20(30-2)16(12-18)13-24-25-21(27)19-7-4-10-26(22(19)28)14-15-5-3-6-17(23)11-15/h3-13H,14H2,1-2H3,(H,25,27)/b24-13-. The van der Waals surface area contributed by atoms with Gasteiger partial charge in [0.15, 0.2) is 0 Å². The Labute approximate surface area is 178 Å². The maximum absolute atomic E-state index is 12.7. The molecule has 2 aromatic carbocycles. The predicted octanol–water partition coefficient (Wildman–Crippen LogP) is 3.33. The van der Waals surface area contributed by atoms with Crippen molar-refractivity contribution in [1.29, 1.82) is 0 Å². The second kappa shape index (κ2) is 9.76. The van der Waals surface area contributed by atoms with E-state index in [4.69, 9.17) is 21.1 Å². The number of hydrogen-bond acceptors (Lipinski definition) is 5. The summed E-state index contributed by atoms with van der Waals surface area (Å²) in [5.41, 5.74) is 3.40. The van der Waals surface area contributed by atoms with Gasteiger partial charge in [-0.05, 0) is 48.0 Å². The summed E-state index contributed by atoms with van der Waals surface area (Å²) in [4.78, 5) is 25.2. The number of hydrogen-bond donors (Lipinski definition) is 1. The Balaban J connectivity index is 1.76. The van der Waals surface area contributed by atoms with Gasteiger partial charge in [-0.3, -0.25) is 9.59 Å². The Hall–Kier alpha value is -3.58. The summed E-state index contributed by atoms with van der Waals surface area (Å²) >= 11 is 6.00. The second-order valence-corrected chi connectivity index (χ2v) is 6.73. The van der Waals surface area contributed by atoms with E-state index >= 15 is 0 Å². The van der Waals surface area contributed by atoms with E-state index in [1.807, 2.05) is 6.07 Å². The average molecular weight is 426 g/mol. The maximum Gasteiger partial charge on any atom is 0.276 e. The molecule has 1 heterocycles. The molecule has 0 unspecified atom stereocenters. The van der Waals surface area contributed by atoms with E-state index < -0.39 is 11.5 Å². The Morgan fingerprint density at radius 2 is 1.97 bits per heavy atom. The third-order valence-corrected chi connectivity index (χ3v) is 4.55. The summed E-state index contributed by atoms with van der Waals surface area (Å²) in [6.07, 6.45) is 3.04. The molecule has 0 fully saturated rings. The lowest BCUT2D eigenvalue weighted by atomic mass is 10.2. The molecule has 0 radical (unpaired) electrons. The fourth-order valence-electron chi connectivity index (χ4n) is 2.83. The molecule has 0 aliphatic heterocycles. The van der Waals surface area contributed by atoms with Gasteiger partial charge in [-0.1, -0.05) is 23.7 Å². The molecule has 0 aliphatic carbocycles. The van der Waals surface area contributed by atoms with Crippen LogP contribution in [0.2, 0.25) is 5.02 Å². The molecule has 1 aromatic heterocycles. The third kappa shape index (κ3) is 5.07. The summed E-state index contributed by atoms with van der Waals surface area (Å²) in [7, 11) is 3.08. The van der Waals surface area contributed by atoms with Crippen LogP contribution in [0.15, 0.2) is 70.7 Å². The van der Waals surface area contributed by atoms with Gasteiger partial charge in [-0.15, -0.1) is 0 Å². The van der Waals surface area contributed by atoms with Gasteiger partial charge in [0, 0.05) is 16.8 Å². The Morgan fingerprint density at radius 1 is 1.13 bits per heavy atom. The van der Waals surface area contributed by atoms with Crippen molar-refractivity contribution in [1.82, 2.24) is 9.99 Å². The molecule has 7 nitrogen and oxygen atoms in total. The zero-order valence-corrected chi connectivity index (χ0v) is 17.2. The molecule has 8 heteroatoms. The predicted molar refractivity (Wildman–Crippen MR) is 116 cm³/mol. The number of benzene rings is 2. The van der Waals surface area contributed by atoms with E-state index in [0.717, 1.165) is 5.56 Å². The number of carbonyl (C=O) groups is 1. The van der Waals surface area contributed by atoms with Crippen LogP contribution >= 0.6 is 11.6 Å². The lowest BCUT2D eigenvalue weighted by Crippen LogP contribution is -2.30. The molecule has 0 spiro atoms. The van der Waals surface area contributed by atoms with E-state index in [0.29, 0.717) is 28.6 Å². The summed E-state index contributed by atoms with van der Waals surface area (Å²) in [5, 5.41) is 4.52. The first-order chi connectivity index (χ1) is 14.5. The topological polar surface area (TPSA) is 81.9 Å². The van der Waals surface area contributed by atoms with Crippen LogP contribution in [0, 0.1) is 0 Å². The van der Waals surface area contributed by atoms with Gasteiger partial charge < -0.3 is 14.0 Å². The maximum atomic E-state index is 12.7. The van der Waals surface area contributed by atoms with E-state index in [1.165, 1.54) is 24.0 Å². The quantitative estimate of drug-likeness (QED) is 0.465. The van der Waals surface area contributed by atoms with Crippen molar-refractivity contribution in [3.63, 3.8) is 0 Å². The van der Waals surface area contributed by atoms with Crippen LogP contribution in [-0.4, -0.2) is 30.9 Å². The molecular weight excluding hydrogens is 406 g/mol. The van der Waals surface area contributed by atoms with E-state index in [9.17, 15) is 9.59 Å². The Kier molecular flexibility index (Phi) is 6.87. The fraction of sp³-hybridized carbons (Fsp3) is 0.136. The molecule has 0 saturated heterocycles. The van der Waals surface area contributed by atoms with Crippen molar-refractivity contribution in [2.24, 2.45) is 5.10 Å². The summed E-state index contributed by atoms with van der Waals surface area (Å²) in [5.74, 6) is 0.575. The number of hydrazone groups is 1. The molecule has 1 amide bonds. The normalized spacial score (nSPS) is 10.8. The number of amides is 1. The number of pyridine rings is 1. The first-order valence-corrected chi connectivity index (χ1v) is 9.39. The smallest absolute Gasteiger partial charge is 0.276 e. The fourth-order valence-corrected chi connectivity index (χ4v) is 3.04. The Morgan fingerprint density at radius 3 is 2.70 bits per heavy atom. The van der Waals surface area contributed by atoms with Crippen LogP contribution < -0.4 is 20.5 Å². The highest BCUT2D eigenvalue weighted by Crippen LogP contribution is 2.22. The monoisotopic (exact) mass is 425 g/mol. The number of ether oxygens (including phenoxy) is 2. The van der Waals surface area contributed by atoms with Gasteiger partial charge in [0.2, 0.25) is 0 Å². The van der Waals surface area contributed by atoms with Crippen LogP contribution in [0.3, 0.4) is 0 Å². The first kappa shape index (κ1) is 21.1. The van der Waals surface area contributed by atoms with E-state index in [2.05, 4.69) is 10.5 Å². The Bertz CT molecular complexity index is 1140. The summed E-state index contributed by atoms with van der Waals surface area (Å²) < 4.78 is 11.9. The highest BCUT2D eigenvalue weighted by atomic mass is 35.5. The minimum Gasteiger partial charge on any atom is -0.497 e. The summed E-state index contributed by atoms with van der Waals surface area (Å²) in [6.45, 7) is 0.296. The number of rotatable bonds is 7. The molecule has 3 aromatic rings. The van der Waals surface area contributed by atoms with Crippen molar-refractivity contribution in [3.8, 4) is 11.5 Å². The minimum absolute atomic E-state index is 0.0192. The molecule has 0 atom stereocenters. The number of methoxy groups -OCH3 is 2. The molecule has 3 rings (SSSR count). The number of halogens is 1. The zero-order valence-electron chi connectivity index (χ0n) is 16.5. The molecule has 30 heavy (non-hydrogen) atoms. The van der Waals surface area contributed by atoms with Crippen molar-refractivity contribution >= 4 is 23.7 Å². The second-order valence-electron chi connectivity index (χ2n) is 6.29. The van der Waals surface area contributed by atoms with Crippen molar-refractivity contribution in [3.05, 3.63) is 92.9 Å². The van der Waals surface area contributed by atoms with E-state index in [1.54, 1.807) is 55.8 Å². The van der Waals surface area contributed by atoms with Crippen LogP contribution in [0.5, 0.6) is 11.5 Å². The largest absolute Gasteiger partial charge is 0.497 e. The number of carbonyl (C=O) groups excluding carboxylic acids is 1. The van der Waals surface area contributed by atoms with Gasteiger partial charge in [-0.2, -0.15) is 5.10 Å². The molecule has 0 saturated carbocycles. The van der Waals surface area contributed by atoms with Gasteiger partial charge in [0.05, 0.1) is 27.0 Å². The van der Waals surface area contributed by atoms with Crippen LogP contribution in [0.1, 0.15) is 21.5 Å². The molecule has 154 valence electrons. The van der Waals surface area contributed by atoms with Gasteiger partial charge >= 0.3 is 0 Å². The number of aromatic nitrogens is 1. The number of nitrogens with zero attached hydrogens (tertiary/aromatic N) is 2. The van der Waals surface area contributed by atoms with Gasteiger partial charge in [0.1, 0.15) is 17.1 Å². The van der Waals surface area contributed by atoms with Crippen LogP contribution in [0.25, 0.3) is 0 Å². The summed E-state index contributed by atoms with van der Waals surface area (Å²) in [6, 6.07) is 15.5. The number of nitrogens with one attached hydrogen (secondary N) is 1. The van der Waals surface area contributed by atoms with Crippen molar-refractivity contribution < 1.29 is 14.3 Å².